The molecule has 2 unspecified atom stereocenters. The van der Waals surface area contributed by atoms with E-state index >= 15 is 0 Å². The van der Waals surface area contributed by atoms with E-state index in [0.29, 0.717) is 12.5 Å². The number of nitrogens with one attached hydrogen (secondary N) is 1. The third kappa shape index (κ3) is 1.93. The summed E-state index contributed by atoms with van der Waals surface area (Å²) in [5.41, 5.74) is 0. The highest BCUT2D eigenvalue weighted by Gasteiger charge is 2.30. The van der Waals surface area contributed by atoms with Crippen LogP contribution in [0.2, 0.25) is 0 Å². The molecule has 1 fully saturated rings. The summed E-state index contributed by atoms with van der Waals surface area (Å²) in [5.74, 6) is 0.416. The Morgan fingerprint density at radius 2 is 2.45 bits per heavy atom. The van der Waals surface area contributed by atoms with Crippen molar-refractivity contribution in [2.24, 2.45) is 5.92 Å². The van der Waals surface area contributed by atoms with Gasteiger partial charge in [-0.25, -0.2) is 0 Å². The maximum atomic E-state index is 11.2. The molecule has 1 N–H and O–H groups in total. The van der Waals surface area contributed by atoms with Gasteiger partial charge in [0.2, 0.25) is 5.91 Å². The van der Waals surface area contributed by atoms with Gasteiger partial charge < -0.3 is 10.1 Å². The van der Waals surface area contributed by atoms with Crippen molar-refractivity contribution in [3.8, 4) is 0 Å². The van der Waals surface area contributed by atoms with Gasteiger partial charge in [-0.05, 0) is 19.3 Å². The molecule has 1 aliphatic heterocycles. The largest absolute Gasteiger partial charge is 0.368 e. The quantitative estimate of drug-likeness (QED) is 0.635. The molecule has 3 nitrogen and oxygen atoms in total. The number of carbonyl (C=O) groups excluding carboxylic acids is 1. The van der Waals surface area contributed by atoms with Crippen molar-refractivity contribution in [3.05, 3.63) is 0 Å². The lowest BCUT2D eigenvalue weighted by Gasteiger charge is -2.12. The van der Waals surface area contributed by atoms with Crippen LogP contribution in [0.3, 0.4) is 0 Å². The van der Waals surface area contributed by atoms with Crippen molar-refractivity contribution >= 4 is 5.91 Å². The molecule has 64 valence electrons. The first kappa shape index (κ1) is 8.53. The van der Waals surface area contributed by atoms with Crippen LogP contribution < -0.4 is 5.32 Å². The monoisotopic (exact) mass is 157 g/mol. The van der Waals surface area contributed by atoms with Gasteiger partial charge in [0, 0.05) is 13.2 Å². The molecule has 0 radical (unpaired) electrons. The summed E-state index contributed by atoms with van der Waals surface area (Å²) in [4.78, 5) is 11.2. The number of hydrogen-bond donors (Lipinski definition) is 1. The van der Waals surface area contributed by atoms with E-state index in [9.17, 15) is 4.79 Å². The van der Waals surface area contributed by atoms with Gasteiger partial charge in [0.1, 0.15) is 6.10 Å². The van der Waals surface area contributed by atoms with E-state index in [-0.39, 0.29) is 12.0 Å². The average molecular weight is 157 g/mol. The Morgan fingerprint density at radius 3 is 2.91 bits per heavy atom. The lowest BCUT2D eigenvalue weighted by atomic mass is 10.0. The maximum absolute atomic E-state index is 11.2. The van der Waals surface area contributed by atoms with Crippen molar-refractivity contribution in [1.29, 1.82) is 0 Å². The van der Waals surface area contributed by atoms with Gasteiger partial charge >= 0.3 is 0 Å². The van der Waals surface area contributed by atoms with Crippen molar-refractivity contribution in [2.75, 3.05) is 13.2 Å². The first-order valence-electron chi connectivity index (χ1n) is 4.15. The highest BCUT2D eigenvalue weighted by molar-refractivity contribution is 5.81. The second-order valence-corrected chi connectivity index (χ2v) is 2.95. The summed E-state index contributed by atoms with van der Waals surface area (Å²) in [5, 5.41) is 2.75. The smallest absolute Gasteiger partial charge is 0.249 e. The lowest BCUT2D eigenvalue weighted by Crippen LogP contribution is -2.36. The predicted molar refractivity (Wildman–Crippen MR) is 42.2 cm³/mol. The fraction of sp³-hybridized carbons (Fsp3) is 0.875. The normalized spacial score (nSPS) is 30.4. The molecule has 11 heavy (non-hydrogen) atoms. The molecule has 0 aromatic rings. The van der Waals surface area contributed by atoms with Gasteiger partial charge in [0.25, 0.3) is 0 Å². The Hall–Kier alpha value is -0.570. The van der Waals surface area contributed by atoms with Gasteiger partial charge in [-0.3, -0.25) is 4.79 Å². The van der Waals surface area contributed by atoms with Crippen LogP contribution in [0, 0.1) is 5.92 Å². The number of carbonyl (C=O) groups is 1. The number of rotatable bonds is 2. The highest BCUT2D eigenvalue weighted by Crippen LogP contribution is 2.19. The summed E-state index contributed by atoms with van der Waals surface area (Å²) < 4.78 is 5.27. The van der Waals surface area contributed by atoms with Crippen molar-refractivity contribution in [2.45, 2.75) is 26.4 Å². The minimum Gasteiger partial charge on any atom is -0.368 e. The fourth-order valence-corrected chi connectivity index (χ4v) is 1.31. The van der Waals surface area contributed by atoms with Crippen LogP contribution in [0.15, 0.2) is 0 Å². The Morgan fingerprint density at radius 1 is 1.73 bits per heavy atom. The molecule has 3 heteroatoms. The molecule has 0 aromatic heterocycles. The molecule has 1 aliphatic rings. The molecule has 0 aliphatic carbocycles. The summed E-state index contributed by atoms with van der Waals surface area (Å²) in [6.07, 6.45) is 0.803. The van der Waals surface area contributed by atoms with Crippen LogP contribution >= 0.6 is 0 Å². The van der Waals surface area contributed by atoms with E-state index < -0.39 is 0 Å². The van der Waals surface area contributed by atoms with Crippen LogP contribution in [0.25, 0.3) is 0 Å². The van der Waals surface area contributed by atoms with Crippen molar-refractivity contribution < 1.29 is 9.53 Å². The van der Waals surface area contributed by atoms with E-state index in [2.05, 4.69) is 5.32 Å². The molecule has 0 bridgehead atoms. The molecule has 0 aromatic carbocycles. The summed E-state index contributed by atoms with van der Waals surface area (Å²) in [7, 11) is 0. The van der Waals surface area contributed by atoms with Crippen LogP contribution in [-0.4, -0.2) is 25.2 Å². The minimum absolute atomic E-state index is 0.0394. The summed E-state index contributed by atoms with van der Waals surface area (Å²) in [6, 6.07) is 0. The Bertz CT molecular complexity index is 147. The number of ether oxygens (including phenoxy) is 1. The molecule has 1 heterocycles. The molecule has 1 rings (SSSR count). The Labute approximate surface area is 67.1 Å². The third-order valence-electron chi connectivity index (χ3n) is 2.00. The van der Waals surface area contributed by atoms with Crippen LogP contribution in [0.4, 0.5) is 0 Å². The van der Waals surface area contributed by atoms with Gasteiger partial charge in [-0.15, -0.1) is 0 Å². The molecule has 1 amide bonds. The number of amides is 1. The Kier molecular flexibility index (Phi) is 2.88. The van der Waals surface area contributed by atoms with Gasteiger partial charge in [0.15, 0.2) is 0 Å². The first-order valence-corrected chi connectivity index (χ1v) is 4.15. The van der Waals surface area contributed by atoms with Gasteiger partial charge in [-0.1, -0.05) is 6.92 Å². The van der Waals surface area contributed by atoms with E-state index in [1.54, 1.807) is 0 Å². The van der Waals surface area contributed by atoms with E-state index in [1.165, 1.54) is 0 Å². The standard InChI is InChI=1S/C8H15NO2/c1-3-9-8(10)7-6(2)4-5-11-7/h6-7H,3-5H2,1-2H3,(H,9,10). The first-order chi connectivity index (χ1) is 5.25. The van der Waals surface area contributed by atoms with E-state index in [1.807, 2.05) is 13.8 Å². The topological polar surface area (TPSA) is 38.3 Å². The number of likely N-dealkylation sites (N-methyl/N-ethyl adjacent to an activating group) is 1. The zero-order chi connectivity index (χ0) is 8.27. The summed E-state index contributed by atoms with van der Waals surface area (Å²) in [6.45, 7) is 5.37. The predicted octanol–water partition coefficient (Wildman–Crippen LogP) is 0.547. The molecular weight excluding hydrogens is 142 g/mol. The number of hydrogen-bond acceptors (Lipinski definition) is 2. The summed E-state index contributed by atoms with van der Waals surface area (Å²) >= 11 is 0. The lowest BCUT2D eigenvalue weighted by molar-refractivity contribution is -0.131. The molecule has 2 atom stereocenters. The highest BCUT2D eigenvalue weighted by atomic mass is 16.5. The molecule has 0 spiro atoms. The third-order valence-corrected chi connectivity index (χ3v) is 2.00. The maximum Gasteiger partial charge on any atom is 0.249 e. The SMILES string of the molecule is CCNC(=O)C1OCCC1C. The van der Waals surface area contributed by atoms with Gasteiger partial charge in [0.05, 0.1) is 0 Å². The zero-order valence-electron chi connectivity index (χ0n) is 7.09. The Balaban J connectivity index is 2.39. The zero-order valence-corrected chi connectivity index (χ0v) is 7.09. The molecule has 0 saturated carbocycles. The molecule has 1 saturated heterocycles. The fourth-order valence-electron chi connectivity index (χ4n) is 1.31. The van der Waals surface area contributed by atoms with E-state index in [0.717, 1.165) is 13.0 Å². The molecular formula is C8H15NO2. The van der Waals surface area contributed by atoms with Crippen molar-refractivity contribution in [1.82, 2.24) is 5.32 Å². The van der Waals surface area contributed by atoms with Crippen molar-refractivity contribution in [3.63, 3.8) is 0 Å². The van der Waals surface area contributed by atoms with Crippen LogP contribution in [0.5, 0.6) is 0 Å². The van der Waals surface area contributed by atoms with E-state index in [4.69, 9.17) is 4.74 Å². The van der Waals surface area contributed by atoms with Crippen LogP contribution in [-0.2, 0) is 9.53 Å². The minimum atomic E-state index is -0.199. The second kappa shape index (κ2) is 3.72. The van der Waals surface area contributed by atoms with Crippen LogP contribution in [0.1, 0.15) is 20.3 Å². The second-order valence-electron chi connectivity index (χ2n) is 2.95. The van der Waals surface area contributed by atoms with Gasteiger partial charge in [-0.2, -0.15) is 0 Å². The average Bonchev–Trinajstić information content (AvgIpc) is 2.36.